The molecule has 0 bridgehead atoms. The second-order valence-electron chi connectivity index (χ2n) is 6.06. The fourth-order valence-electron chi connectivity index (χ4n) is 3.09. The fraction of sp³-hybridized carbons (Fsp3) is 0.533. The predicted molar refractivity (Wildman–Crippen MR) is 87.0 cm³/mol. The molecule has 0 unspecified atom stereocenters. The topological polar surface area (TPSA) is 86.5 Å². The van der Waals surface area contributed by atoms with E-state index in [1.807, 2.05) is 31.5 Å². The molecular formula is C15H21N5O3. The Labute approximate surface area is 132 Å². The van der Waals surface area contributed by atoms with Gasteiger partial charge < -0.3 is 9.67 Å². The molecule has 0 aromatic carbocycles. The minimum Gasteiger partial charge on any atom is -0.396 e. The Balaban J connectivity index is 2.45. The summed E-state index contributed by atoms with van der Waals surface area (Å²) in [4.78, 5) is 29.7. The van der Waals surface area contributed by atoms with Crippen molar-refractivity contribution < 1.29 is 5.11 Å². The number of aliphatic hydroxyl groups excluding tert-OH is 1. The first-order valence-corrected chi connectivity index (χ1v) is 7.68. The third-order valence-corrected chi connectivity index (χ3v) is 4.12. The largest absolute Gasteiger partial charge is 0.396 e. The summed E-state index contributed by atoms with van der Waals surface area (Å²) in [6, 6.07) is 0.193. The van der Waals surface area contributed by atoms with Gasteiger partial charge in [-0.1, -0.05) is 0 Å². The third-order valence-electron chi connectivity index (χ3n) is 4.12. The van der Waals surface area contributed by atoms with Gasteiger partial charge in [-0.3, -0.25) is 18.3 Å². The van der Waals surface area contributed by atoms with Gasteiger partial charge >= 0.3 is 5.69 Å². The van der Waals surface area contributed by atoms with Gasteiger partial charge in [0, 0.05) is 38.1 Å². The molecule has 0 radical (unpaired) electrons. The summed E-state index contributed by atoms with van der Waals surface area (Å²) in [5, 5.41) is 8.98. The van der Waals surface area contributed by atoms with E-state index in [-0.39, 0.29) is 24.8 Å². The zero-order valence-corrected chi connectivity index (χ0v) is 13.8. The summed E-state index contributed by atoms with van der Waals surface area (Å²) in [5.41, 5.74) is 0.987. The normalized spacial score (nSPS) is 12.1. The highest BCUT2D eigenvalue weighted by molar-refractivity contribution is 5.75. The first-order chi connectivity index (χ1) is 10.9. The molecule has 3 aromatic rings. The predicted octanol–water partition coefficient (Wildman–Crippen LogP) is 0.421. The Morgan fingerprint density at radius 1 is 1.30 bits per heavy atom. The van der Waals surface area contributed by atoms with Crippen LogP contribution >= 0.6 is 0 Å². The van der Waals surface area contributed by atoms with E-state index in [0.717, 1.165) is 10.3 Å². The molecule has 8 heteroatoms. The molecule has 0 atom stereocenters. The molecule has 23 heavy (non-hydrogen) atoms. The molecule has 3 aromatic heterocycles. The Kier molecular flexibility index (Phi) is 3.63. The van der Waals surface area contributed by atoms with Crippen LogP contribution in [-0.2, 0) is 13.6 Å². The first-order valence-electron chi connectivity index (χ1n) is 7.68. The van der Waals surface area contributed by atoms with Gasteiger partial charge in [0.05, 0.1) is 0 Å². The van der Waals surface area contributed by atoms with E-state index in [4.69, 9.17) is 5.11 Å². The van der Waals surface area contributed by atoms with Crippen LogP contribution in [0.3, 0.4) is 0 Å². The number of fused-ring (bicyclic) bond motifs is 3. The van der Waals surface area contributed by atoms with Gasteiger partial charge in [-0.05, 0) is 27.2 Å². The summed E-state index contributed by atoms with van der Waals surface area (Å²) in [7, 11) is 1.61. The lowest BCUT2D eigenvalue weighted by molar-refractivity contribution is 0.277. The van der Waals surface area contributed by atoms with E-state index >= 15 is 0 Å². The van der Waals surface area contributed by atoms with E-state index in [0.29, 0.717) is 23.4 Å². The van der Waals surface area contributed by atoms with Crippen molar-refractivity contribution in [1.82, 2.24) is 23.1 Å². The summed E-state index contributed by atoms with van der Waals surface area (Å²) in [6.45, 7) is 6.18. The van der Waals surface area contributed by atoms with Gasteiger partial charge in [0.15, 0.2) is 11.2 Å². The minimum atomic E-state index is -0.412. The molecule has 3 heterocycles. The highest BCUT2D eigenvalue weighted by Crippen LogP contribution is 2.19. The maximum Gasteiger partial charge on any atom is 0.332 e. The zero-order chi connectivity index (χ0) is 16.9. The van der Waals surface area contributed by atoms with Crippen molar-refractivity contribution in [2.24, 2.45) is 7.05 Å². The van der Waals surface area contributed by atoms with Gasteiger partial charge in [-0.25, -0.2) is 4.79 Å². The Bertz CT molecular complexity index is 1000. The second kappa shape index (κ2) is 5.38. The Morgan fingerprint density at radius 3 is 2.61 bits per heavy atom. The lowest BCUT2D eigenvalue weighted by atomic mass is 10.3. The molecule has 0 fully saturated rings. The summed E-state index contributed by atoms with van der Waals surface area (Å²) >= 11 is 0. The van der Waals surface area contributed by atoms with Crippen LogP contribution in [0.4, 0.5) is 0 Å². The lowest BCUT2D eigenvalue weighted by Gasteiger charge is -2.09. The maximum atomic E-state index is 12.8. The number of hydrogen-bond donors (Lipinski definition) is 1. The fourth-order valence-corrected chi connectivity index (χ4v) is 3.09. The number of hydrogen-bond acceptors (Lipinski definition) is 4. The molecule has 0 aliphatic rings. The van der Waals surface area contributed by atoms with E-state index in [9.17, 15) is 9.59 Å². The number of aromatic nitrogens is 5. The number of aliphatic hydroxyl groups is 1. The Hall–Kier alpha value is -2.35. The Morgan fingerprint density at radius 2 is 2.00 bits per heavy atom. The van der Waals surface area contributed by atoms with Crippen molar-refractivity contribution in [3.8, 4) is 0 Å². The van der Waals surface area contributed by atoms with Crippen LogP contribution in [-0.4, -0.2) is 34.8 Å². The molecule has 0 aliphatic heterocycles. The number of imidazole rings is 2. The molecule has 1 N–H and O–H groups in total. The molecule has 124 valence electrons. The smallest absolute Gasteiger partial charge is 0.332 e. The van der Waals surface area contributed by atoms with Crippen molar-refractivity contribution in [1.29, 1.82) is 0 Å². The van der Waals surface area contributed by atoms with Crippen LogP contribution in [0, 0.1) is 6.92 Å². The summed E-state index contributed by atoms with van der Waals surface area (Å²) in [6.07, 6.45) is 2.22. The monoisotopic (exact) mass is 319 g/mol. The van der Waals surface area contributed by atoms with Gasteiger partial charge in [0.2, 0.25) is 5.78 Å². The van der Waals surface area contributed by atoms with Crippen molar-refractivity contribution in [2.75, 3.05) is 6.61 Å². The van der Waals surface area contributed by atoms with E-state index in [2.05, 4.69) is 4.98 Å². The highest BCUT2D eigenvalue weighted by atomic mass is 16.3. The van der Waals surface area contributed by atoms with Crippen LogP contribution in [0.2, 0.25) is 0 Å². The van der Waals surface area contributed by atoms with Crippen LogP contribution in [0.1, 0.15) is 32.0 Å². The summed E-state index contributed by atoms with van der Waals surface area (Å²) < 4.78 is 6.33. The van der Waals surface area contributed by atoms with Crippen molar-refractivity contribution >= 4 is 16.9 Å². The van der Waals surface area contributed by atoms with E-state index in [1.165, 1.54) is 4.57 Å². The number of rotatable bonds is 4. The SMILES string of the molecule is Cc1cn2c3c(=O)n(CCCO)c(=O)n(C)c3nc2n1C(C)C. The van der Waals surface area contributed by atoms with Crippen LogP contribution in [0.5, 0.6) is 0 Å². The number of nitrogens with zero attached hydrogens (tertiary/aromatic N) is 5. The first kappa shape index (κ1) is 15.5. The van der Waals surface area contributed by atoms with E-state index in [1.54, 1.807) is 11.4 Å². The van der Waals surface area contributed by atoms with Crippen molar-refractivity contribution in [3.63, 3.8) is 0 Å². The van der Waals surface area contributed by atoms with Gasteiger partial charge in [-0.2, -0.15) is 4.98 Å². The van der Waals surface area contributed by atoms with Crippen molar-refractivity contribution in [3.05, 3.63) is 32.7 Å². The average molecular weight is 319 g/mol. The molecule has 0 amide bonds. The lowest BCUT2D eigenvalue weighted by Crippen LogP contribution is -2.39. The summed E-state index contributed by atoms with van der Waals surface area (Å²) in [5.74, 6) is 0.652. The molecule has 0 spiro atoms. The minimum absolute atomic E-state index is 0.0711. The molecule has 0 saturated heterocycles. The zero-order valence-electron chi connectivity index (χ0n) is 13.8. The highest BCUT2D eigenvalue weighted by Gasteiger charge is 2.20. The standard InChI is InChI=1S/C15H21N5O3/c1-9(2)20-10(3)8-19-11-12(16-14(19)20)17(4)15(23)18(13(11)22)6-5-7-21/h8-9,21H,5-7H2,1-4H3. The molecular weight excluding hydrogens is 298 g/mol. The van der Waals surface area contributed by atoms with Gasteiger partial charge in [0.25, 0.3) is 5.56 Å². The molecule has 0 saturated carbocycles. The van der Waals surface area contributed by atoms with Crippen LogP contribution < -0.4 is 11.2 Å². The number of aryl methyl sites for hydroxylation is 2. The van der Waals surface area contributed by atoms with Crippen LogP contribution in [0.15, 0.2) is 15.8 Å². The second-order valence-corrected chi connectivity index (χ2v) is 6.06. The quantitative estimate of drug-likeness (QED) is 0.755. The van der Waals surface area contributed by atoms with Crippen molar-refractivity contribution in [2.45, 2.75) is 39.8 Å². The maximum absolute atomic E-state index is 12.8. The molecule has 0 aliphatic carbocycles. The average Bonchev–Trinajstić information content (AvgIpc) is 2.99. The van der Waals surface area contributed by atoms with Gasteiger partial charge in [0.1, 0.15) is 0 Å². The van der Waals surface area contributed by atoms with Crippen LogP contribution in [0.25, 0.3) is 16.9 Å². The van der Waals surface area contributed by atoms with E-state index < -0.39 is 5.69 Å². The third kappa shape index (κ3) is 2.13. The molecule has 8 nitrogen and oxygen atoms in total. The van der Waals surface area contributed by atoms with Gasteiger partial charge in [-0.15, -0.1) is 0 Å². The molecule has 3 rings (SSSR count).